The molecule has 1 aromatic carbocycles. The molecule has 0 fully saturated rings. The number of nitrogens with two attached hydrogens (primary N) is 1. The second-order valence-corrected chi connectivity index (χ2v) is 12.6. The molecule has 1 aliphatic heterocycles. The lowest BCUT2D eigenvalue weighted by Gasteiger charge is -2.45. The van der Waals surface area contributed by atoms with Gasteiger partial charge < -0.3 is 10.5 Å². The van der Waals surface area contributed by atoms with Crippen molar-refractivity contribution in [2.24, 2.45) is 15.1 Å². The van der Waals surface area contributed by atoms with Gasteiger partial charge in [-0.15, -0.1) is 5.10 Å². The SMILES string of the molecule is CN=[S@]1(=O)C(OC(=O)C(F)(F)F)[C@@](C)(c2cc(-c3cn(-c4ccc(Cl)cn4)nn3)ccc2F)N=C(N)C1(C)C. The zero-order chi connectivity index (χ0) is 29.0. The van der Waals surface area contributed by atoms with Gasteiger partial charge in [-0.1, -0.05) is 16.8 Å². The Balaban J connectivity index is 1.89. The fraction of sp³-hybridized carbons (Fsp3) is 0.348. The van der Waals surface area contributed by atoms with Gasteiger partial charge in [0.2, 0.25) is 5.44 Å². The van der Waals surface area contributed by atoms with Crippen molar-refractivity contribution in [2.75, 3.05) is 7.05 Å². The van der Waals surface area contributed by atoms with Crippen molar-refractivity contribution in [3.05, 3.63) is 59.1 Å². The number of pyridine rings is 1. The van der Waals surface area contributed by atoms with E-state index in [0.717, 1.165) is 13.1 Å². The molecule has 0 amide bonds. The normalized spacial score (nSPS) is 24.6. The van der Waals surface area contributed by atoms with E-state index < -0.39 is 43.4 Å². The number of nitrogens with zero attached hydrogens (tertiary/aromatic N) is 6. The molecule has 3 atom stereocenters. The number of amidine groups is 1. The number of carbonyl (C=O) groups is 1. The standard InChI is InChI=1S/C23H22ClF4N7O3S/c1-21(2)18(29)32-22(3,20(39(21,37)30-4)38-19(36)23(26,27)28)14-9-12(5-7-15(14)25)16-11-35(34-33-16)17-8-6-13(24)10-31-17/h5-11,20H,1-4H3,(H2,29,32)/t20?,22-,39+/m1/s1. The molecule has 1 unspecified atom stereocenters. The monoisotopic (exact) mass is 587 g/mol. The van der Waals surface area contributed by atoms with E-state index in [9.17, 15) is 22.2 Å². The van der Waals surface area contributed by atoms with Crippen LogP contribution in [0.4, 0.5) is 17.6 Å². The molecule has 2 aromatic heterocycles. The summed E-state index contributed by atoms with van der Waals surface area (Å²) in [7, 11) is -2.84. The number of benzene rings is 1. The van der Waals surface area contributed by atoms with Crippen molar-refractivity contribution in [3.63, 3.8) is 0 Å². The zero-order valence-corrected chi connectivity index (χ0v) is 22.5. The maximum Gasteiger partial charge on any atom is 0.490 e. The van der Waals surface area contributed by atoms with Crippen molar-refractivity contribution in [1.29, 1.82) is 0 Å². The molecule has 39 heavy (non-hydrogen) atoms. The minimum Gasteiger partial charge on any atom is -0.438 e. The Labute approximate surface area is 225 Å². The number of hydrogen-bond acceptors (Lipinski definition) is 9. The van der Waals surface area contributed by atoms with Gasteiger partial charge in [0.15, 0.2) is 5.82 Å². The van der Waals surface area contributed by atoms with Crippen LogP contribution in [-0.4, -0.2) is 59.4 Å². The lowest BCUT2D eigenvalue weighted by molar-refractivity contribution is -0.203. The van der Waals surface area contributed by atoms with Crippen molar-refractivity contribution >= 4 is 33.1 Å². The molecular formula is C23H22ClF4N7O3S. The summed E-state index contributed by atoms with van der Waals surface area (Å²) in [5, 5.41) is 8.45. The maximum atomic E-state index is 15.4. The first-order chi connectivity index (χ1) is 18.0. The first-order valence-electron chi connectivity index (χ1n) is 11.2. The highest BCUT2D eigenvalue weighted by atomic mass is 35.5. The molecule has 2 N–H and O–H groups in total. The number of alkyl halides is 3. The molecule has 0 radical (unpaired) electrons. The van der Waals surface area contributed by atoms with Gasteiger partial charge in [0.05, 0.1) is 11.2 Å². The smallest absolute Gasteiger partial charge is 0.438 e. The van der Waals surface area contributed by atoms with Gasteiger partial charge in [0.1, 0.15) is 37.4 Å². The number of ether oxygens (including phenoxy) is 1. The molecule has 0 saturated heterocycles. The van der Waals surface area contributed by atoms with Crippen LogP contribution in [0.15, 0.2) is 52.1 Å². The number of aliphatic imine (C=N–C) groups is 1. The Morgan fingerprint density at radius 2 is 1.92 bits per heavy atom. The van der Waals surface area contributed by atoms with Gasteiger partial charge in [0.25, 0.3) is 0 Å². The first-order valence-corrected chi connectivity index (χ1v) is 13.1. The Hall–Kier alpha value is -3.59. The summed E-state index contributed by atoms with van der Waals surface area (Å²) >= 11 is 5.86. The van der Waals surface area contributed by atoms with Gasteiger partial charge in [-0.05, 0) is 51.1 Å². The van der Waals surface area contributed by atoms with E-state index in [0.29, 0.717) is 10.8 Å². The number of carbonyl (C=O) groups excluding carboxylic acids is 1. The molecular weight excluding hydrogens is 566 g/mol. The number of rotatable bonds is 4. The number of hydrogen-bond donors (Lipinski definition) is 1. The topological polar surface area (TPSA) is 138 Å². The molecule has 0 spiro atoms. The highest BCUT2D eigenvalue weighted by Gasteiger charge is 2.59. The van der Waals surface area contributed by atoms with Crippen LogP contribution >= 0.6 is 11.6 Å². The van der Waals surface area contributed by atoms with Gasteiger partial charge in [0, 0.05) is 24.4 Å². The van der Waals surface area contributed by atoms with E-state index in [1.807, 2.05) is 0 Å². The number of esters is 1. The Morgan fingerprint density at radius 1 is 1.23 bits per heavy atom. The second-order valence-electron chi connectivity index (χ2n) is 9.22. The van der Waals surface area contributed by atoms with Crippen molar-refractivity contribution in [1.82, 2.24) is 20.0 Å². The maximum absolute atomic E-state index is 15.4. The van der Waals surface area contributed by atoms with Gasteiger partial charge in [-0.25, -0.2) is 27.4 Å². The summed E-state index contributed by atoms with van der Waals surface area (Å²) in [6.07, 6.45) is -2.55. The molecule has 4 rings (SSSR count). The molecule has 1 aliphatic rings. The number of halogens is 5. The van der Waals surface area contributed by atoms with Crippen LogP contribution in [0.5, 0.6) is 0 Å². The largest absolute Gasteiger partial charge is 0.490 e. The lowest BCUT2D eigenvalue weighted by Crippen LogP contribution is -2.61. The quantitative estimate of drug-likeness (QED) is 0.359. The number of aromatic nitrogens is 4. The fourth-order valence-corrected chi connectivity index (χ4v) is 6.77. The second kappa shape index (κ2) is 9.55. The molecule has 3 heterocycles. The minimum atomic E-state index is -5.43. The van der Waals surface area contributed by atoms with Crippen LogP contribution in [-0.2, 0) is 24.8 Å². The predicted molar refractivity (Wildman–Crippen MR) is 135 cm³/mol. The summed E-state index contributed by atoms with van der Waals surface area (Å²) in [5.41, 5.74) is 1.93. The summed E-state index contributed by atoms with van der Waals surface area (Å²) in [6.45, 7) is 3.85. The highest BCUT2D eigenvalue weighted by molar-refractivity contribution is 7.96. The average molecular weight is 588 g/mol. The van der Waals surface area contributed by atoms with Crippen LogP contribution < -0.4 is 5.73 Å². The van der Waals surface area contributed by atoms with Crippen LogP contribution in [0.2, 0.25) is 5.02 Å². The molecule has 16 heteroatoms. The van der Waals surface area contributed by atoms with Crippen LogP contribution in [0.3, 0.4) is 0 Å². The highest BCUT2D eigenvalue weighted by Crippen LogP contribution is 2.46. The van der Waals surface area contributed by atoms with Gasteiger partial charge in [-0.3, -0.25) is 4.99 Å². The Bertz CT molecular complexity index is 1600. The summed E-state index contributed by atoms with van der Waals surface area (Å²) in [5.74, 6) is -3.46. The van der Waals surface area contributed by atoms with E-state index >= 15 is 4.39 Å². The summed E-state index contributed by atoms with van der Waals surface area (Å²) in [6, 6.07) is 6.79. The van der Waals surface area contributed by atoms with E-state index in [-0.39, 0.29) is 22.7 Å². The van der Waals surface area contributed by atoms with Crippen LogP contribution in [0, 0.1) is 5.82 Å². The van der Waals surface area contributed by atoms with Crippen molar-refractivity contribution < 1.29 is 31.3 Å². The third kappa shape index (κ3) is 4.73. The van der Waals surface area contributed by atoms with E-state index in [4.69, 9.17) is 22.1 Å². The lowest BCUT2D eigenvalue weighted by atomic mass is 9.90. The molecule has 0 bridgehead atoms. The molecule has 10 nitrogen and oxygen atoms in total. The molecule has 3 aromatic rings. The van der Waals surface area contributed by atoms with Gasteiger partial charge in [-0.2, -0.15) is 13.2 Å². The predicted octanol–water partition coefficient (Wildman–Crippen LogP) is 4.02. The van der Waals surface area contributed by atoms with E-state index in [1.54, 1.807) is 12.1 Å². The molecule has 0 aliphatic carbocycles. The molecule has 208 valence electrons. The first kappa shape index (κ1) is 28.4. The summed E-state index contributed by atoms with van der Waals surface area (Å²) in [4.78, 5) is 20.3. The summed E-state index contributed by atoms with van der Waals surface area (Å²) < 4.78 is 77.6. The Kier molecular flexibility index (Phi) is 6.96. The Morgan fingerprint density at radius 3 is 2.51 bits per heavy atom. The van der Waals surface area contributed by atoms with Gasteiger partial charge >= 0.3 is 12.1 Å². The van der Waals surface area contributed by atoms with E-state index in [1.165, 1.54) is 50.0 Å². The third-order valence-corrected chi connectivity index (χ3v) is 9.99. The zero-order valence-electron chi connectivity index (χ0n) is 20.9. The fourth-order valence-electron chi connectivity index (χ4n) is 4.11. The van der Waals surface area contributed by atoms with E-state index in [2.05, 4.69) is 24.7 Å². The van der Waals surface area contributed by atoms with Crippen LogP contribution in [0.25, 0.3) is 17.1 Å². The minimum absolute atomic E-state index is 0.231. The third-order valence-electron chi connectivity index (χ3n) is 6.41. The van der Waals surface area contributed by atoms with Crippen molar-refractivity contribution in [2.45, 2.75) is 42.7 Å². The molecule has 0 saturated carbocycles. The van der Waals surface area contributed by atoms with Crippen molar-refractivity contribution in [3.8, 4) is 17.1 Å². The average Bonchev–Trinajstić information content (AvgIpc) is 3.36. The van der Waals surface area contributed by atoms with Crippen LogP contribution in [0.1, 0.15) is 26.3 Å².